The highest BCUT2D eigenvalue weighted by Gasteiger charge is 2.40. The Labute approximate surface area is 140 Å². The zero-order valence-electron chi connectivity index (χ0n) is 13.4. The molecular formula is C18H14F4N2O. The molecule has 1 unspecified atom stereocenters. The fourth-order valence-electron chi connectivity index (χ4n) is 2.70. The summed E-state index contributed by atoms with van der Waals surface area (Å²) in [6.45, 7) is 2.62. The zero-order valence-corrected chi connectivity index (χ0v) is 13.4. The molecule has 130 valence electrons. The molecule has 0 aliphatic carbocycles. The number of benzene rings is 2. The molecule has 7 heteroatoms. The first-order valence-electron chi connectivity index (χ1n) is 7.56. The van der Waals surface area contributed by atoms with Crippen LogP contribution in [0.3, 0.4) is 0 Å². The summed E-state index contributed by atoms with van der Waals surface area (Å²) in [5.74, 6) is -2.92. The average Bonchev–Trinajstić information content (AvgIpc) is 2.55. The van der Waals surface area contributed by atoms with Gasteiger partial charge >= 0.3 is 6.18 Å². The molecule has 0 radical (unpaired) electrons. The van der Waals surface area contributed by atoms with Gasteiger partial charge in [0.2, 0.25) is 0 Å². The summed E-state index contributed by atoms with van der Waals surface area (Å²) < 4.78 is 54.9. The van der Waals surface area contributed by atoms with Crippen molar-refractivity contribution in [2.24, 2.45) is 0 Å². The smallest absolute Gasteiger partial charge is 0.267 e. The Morgan fingerprint density at radius 1 is 1.08 bits per heavy atom. The van der Waals surface area contributed by atoms with Crippen LogP contribution < -0.4 is 5.56 Å². The van der Waals surface area contributed by atoms with E-state index in [-0.39, 0.29) is 10.8 Å². The first-order valence-corrected chi connectivity index (χ1v) is 7.56. The summed E-state index contributed by atoms with van der Waals surface area (Å²) in [5, 5.41) is 3.38. The van der Waals surface area contributed by atoms with Crippen LogP contribution in [-0.2, 0) is 0 Å². The molecule has 0 amide bonds. The lowest BCUT2D eigenvalue weighted by atomic mass is 10.0. The minimum atomic E-state index is -4.61. The van der Waals surface area contributed by atoms with Crippen molar-refractivity contribution in [1.29, 1.82) is 0 Å². The Morgan fingerprint density at radius 3 is 2.40 bits per heavy atom. The quantitative estimate of drug-likeness (QED) is 0.638. The van der Waals surface area contributed by atoms with Gasteiger partial charge in [0.25, 0.3) is 5.56 Å². The van der Waals surface area contributed by atoms with Crippen molar-refractivity contribution in [3.05, 3.63) is 69.9 Å². The van der Waals surface area contributed by atoms with Gasteiger partial charge < -0.3 is 0 Å². The molecule has 0 spiro atoms. The van der Waals surface area contributed by atoms with Gasteiger partial charge in [0.15, 0.2) is 0 Å². The van der Waals surface area contributed by atoms with Crippen molar-refractivity contribution in [1.82, 2.24) is 9.78 Å². The van der Waals surface area contributed by atoms with Crippen LogP contribution in [0.2, 0.25) is 0 Å². The predicted molar refractivity (Wildman–Crippen MR) is 86.5 cm³/mol. The van der Waals surface area contributed by atoms with Gasteiger partial charge in [-0.3, -0.25) is 4.79 Å². The number of aromatic nitrogens is 2. The zero-order chi connectivity index (χ0) is 18.4. The number of nitrogens with zero attached hydrogens (tertiary/aromatic N) is 2. The lowest BCUT2D eigenvalue weighted by molar-refractivity contribution is -0.147. The summed E-state index contributed by atoms with van der Waals surface area (Å²) in [5.41, 5.74) is -0.155. The van der Waals surface area contributed by atoms with E-state index in [1.54, 1.807) is 31.2 Å². The number of halogens is 4. The fraction of sp³-hybridized carbons (Fsp3) is 0.222. The molecule has 0 aliphatic heterocycles. The van der Waals surface area contributed by atoms with Crippen LogP contribution in [0, 0.1) is 12.7 Å². The van der Waals surface area contributed by atoms with E-state index in [4.69, 9.17) is 0 Å². The van der Waals surface area contributed by atoms with E-state index in [0.717, 1.165) is 17.7 Å². The van der Waals surface area contributed by atoms with E-state index in [2.05, 4.69) is 5.10 Å². The predicted octanol–water partition coefficient (Wildman–Crippen LogP) is 4.50. The highest BCUT2D eigenvalue weighted by molar-refractivity contribution is 5.85. The lowest BCUT2D eigenvalue weighted by Gasteiger charge is -2.19. The van der Waals surface area contributed by atoms with Gasteiger partial charge in [-0.05, 0) is 37.6 Å². The molecule has 0 saturated carbocycles. The minimum Gasteiger partial charge on any atom is -0.267 e. The van der Waals surface area contributed by atoms with Crippen LogP contribution in [0.5, 0.6) is 0 Å². The van der Waals surface area contributed by atoms with Crippen molar-refractivity contribution in [2.75, 3.05) is 0 Å². The first-order chi connectivity index (χ1) is 11.7. The monoisotopic (exact) mass is 350 g/mol. The number of rotatable bonds is 2. The van der Waals surface area contributed by atoms with Crippen LogP contribution in [-0.4, -0.2) is 16.0 Å². The molecule has 3 nitrogen and oxygen atoms in total. The van der Waals surface area contributed by atoms with Crippen LogP contribution in [0.25, 0.3) is 16.5 Å². The van der Waals surface area contributed by atoms with Crippen molar-refractivity contribution in [2.45, 2.75) is 25.9 Å². The third kappa shape index (κ3) is 2.90. The maximum atomic E-state index is 14.2. The summed E-state index contributed by atoms with van der Waals surface area (Å²) >= 11 is 0. The molecule has 1 heterocycles. The standard InChI is InChI=1S/C18H14F4N2O/c1-10-6-3-4-9-14(10)24-17(25)12-7-5-8-13(19)15(12)16(23-24)11(2)18(20,21)22/h3-9,11H,1-2H3. The number of hydrogen-bond donors (Lipinski definition) is 0. The van der Waals surface area contributed by atoms with E-state index in [1.165, 1.54) is 12.1 Å². The molecule has 0 saturated heterocycles. The number of hydrogen-bond acceptors (Lipinski definition) is 2. The number of para-hydroxylation sites is 1. The Balaban J connectivity index is 2.44. The van der Waals surface area contributed by atoms with Crippen LogP contribution in [0.15, 0.2) is 47.3 Å². The Bertz CT molecular complexity index is 1010. The van der Waals surface area contributed by atoms with Crippen molar-refractivity contribution < 1.29 is 17.6 Å². The number of alkyl halides is 3. The van der Waals surface area contributed by atoms with E-state index in [9.17, 15) is 22.4 Å². The average molecular weight is 350 g/mol. The second-order valence-electron chi connectivity index (χ2n) is 5.81. The molecule has 0 aliphatic rings. The topological polar surface area (TPSA) is 34.9 Å². The molecule has 2 aromatic carbocycles. The first kappa shape index (κ1) is 17.1. The number of fused-ring (bicyclic) bond motifs is 1. The van der Waals surface area contributed by atoms with Gasteiger partial charge in [-0.1, -0.05) is 24.3 Å². The maximum absolute atomic E-state index is 14.2. The van der Waals surface area contributed by atoms with Crippen molar-refractivity contribution >= 4 is 10.8 Å². The summed E-state index contributed by atoms with van der Waals surface area (Å²) in [6, 6.07) is 10.3. The third-order valence-corrected chi connectivity index (χ3v) is 4.15. The molecule has 1 atom stereocenters. The van der Waals surface area contributed by atoms with Gasteiger partial charge in [-0.25, -0.2) is 4.39 Å². The maximum Gasteiger partial charge on any atom is 0.397 e. The fourth-order valence-corrected chi connectivity index (χ4v) is 2.70. The SMILES string of the molecule is Cc1ccccc1-n1nc(C(C)C(F)(F)F)c2c(F)cccc2c1=O. The highest BCUT2D eigenvalue weighted by atomic mass is 19.4. The van der Waals surface area contributed by atoms with Crippen LogP contribution in [0.1, 0.15) is 24.1 Å². The summed E-state index contributed by atoms with van der Waals surface area (Å²) in [4.78, 5) is 12.7. The van der Waals surface area contributed by atoms with Gasteiger partial charge in [0.05, 0.1) is 22.7 Å². The van der Waals surface area contributed by atoms with Gasteiger partial charge in [0.1, 0.15) is 5.82 Å². The molecule has 0 bridgehead atoms. The van der Waals surface area contributed by atoms with Crippen LogP contribution >= 0.6 is 0 Å². The lowest BCUT2D eigenvalue weighted by Crippen LogP contribution is -2.28. The van der Waals surface area contributed by atoms with Gasteiger partial charge in [-0.15, -0.1) is 0 Å². The molecule has 3 aromatic rings. The molecule has 3 rings (SSSR count). The van der Waals surface area contributed by atoms with Gasteiger partial charge in [0, 0.05) is 5.39 Å². The minimum absolute atomic E-state index is 0.135. The van der Waals surface area contributed by atoms with Crippen LogP contribution in [0.4, 0.5) is 17.6 Å². The van der Waals surface area contributed by atoms with E-state index in [1.807, 2.05) is 0 Å². The van der Waals surface area contributed by atoms with E-state index in [0.29, 0.717) is 11.3 Å². The second-order valence-corrected chi connectivity index (χ2v) is 5.81. The summed E-state index contributed by atoms with van der Waals surface area (Å²) in [7, 11) is 0. The number of aryl methyl sites for hydroxylation is 1. The molecule has 1 aromatic heterocycles. The third-order valence-electron chi connectivity index (χ3n) is 4.15. The Morgan fingerprint density at radius 2 is 1.76 bits per heavy atom. The second kappa shape index (κ2) is 5.98. The van der Waals surface area contributed by atoms with E-state index < -0.39 is 29.2 Å². The Kier molecular flexibility index (Phi) is 4.10. The molecule has 0 N–H and O–H groups in total. The van der Waals surface area contributed by atoms with Crippen molar-refractivity contribution in [3.8, 4) is 5.69 Å². The summed E-state index contributed by atoms with van der Waals surface area (Å²) in [6.07, 6.45) is -4.61. The van der Waals surface area contributed by atoms with Gasteiger partial charge in [-0.2, -0.15) is 23.0 Å². The highest BCUT2D eigenvalue weighted by Crippen LogP contribution is 2.36. The van der Waals surface area contributed by atoms with Crippen molar-refractivity contribution in [3.63, 3.8) is 0 Å². The molecule has 0 fully saturated rings. The molecule has 25 heavy (non-hydrogen) atoms. The largest absolute Gasteiger partial charge is 0.397 e. The normalized spacial score (nSPS) is 13.2. The Hall–Kier alpha value is -2.70. The molecular weight excluding hydrogens is 336 g/mol. The van der Waals surface area contributed by atoms with E-state index >= 15 is 0 Å².